The molecule has 2 aromatic carbocycles. The molecule has 0 fully saturated rings. The van der Waals surface area contributed by atoms with E-state index in [1.54, 1.807) is 13.2 Å². The zero-order valence-electron chi connectivity index (χ0n) is 17.0. The molecule has 164 valence electrons. The number of rotatable bonds is 8. The van der Waals surface area contributed by atoms with Crippen LogP contribution in [0.2, 0.25) is 0 Å². The van der Waals surface area contributed by atoms with Gasteiger partial charge < -0.3 is 14.5 Å². The number of nitrogens with one attached hydrogen (secondary N) is 1. The second-order valence-corrected chi connectivity index (χ2v) is 9.37. The van der Waals surface area contributed by atoms with Gasteiger partial charge in [-0.25, -0.2) is 0 Å². The van der Waals surface area contributed by atoms with E-state index < -0.39 is 0 Å². The van der Waals surface area contributed by atoms with Gasteiger partial charge in [0.2, 0.25) is 11.7 Å². The normalized spacial score (nSPS) is 11.0. The van der Waals surface area contributed by atoms with Gasteiger partial charge in [0.1, 0.15) is 0 Å². The van der Waals surface area contributed by atoms with Crippen LogP contribution in [0.1, 0.15) is 0 Å². The highest BCUT2D eigenvalue weighted by molar-refractivity contribution is 9.11. The summed E-state index contributed by atoms with van der Waals surface area (Å²) in [5.74, 6) is 1.78. The van der Waals surface area contributed by atoms with Gasteiger partial charge in [-0.05, 0) is 46.3 Å². The first-order valence-electron chi connectivity index (χ1n) is 9.49. The number of para-hydroxylation sites is 1. The van der Waals surface area contributed by atoms with E-state index in [4.69, 9.17) is 9.15 Å². The number of amides is 1. The first-order valence-corrected chi connectivity index (χ1v) is 12.1. The highest BCUT2D eigenvalue weighted by Gasteiger charge is 2.19. The number of aromatic nitrogens is 3. The summed E-state index contributed by atoms with van der Waals surface area (Å²) in [6, 6.07) is 13.2. The molecule has 0 spiro atoms. The highest BCUT2D eigenvalue weighted by Crippen LogP contribution is 2.34. The molecule has 0 aliphatic carbocycles. The number of hydrogen-bond acceptors (Lipinski definition) is 6. The molecule has 2 aromatic heterocycles. The van der Waals surface area contributed by atoms with Crippen LogP contribution in [0, 0.1) is 0 Å². The number of nitrogens with zero attached hydrogens (tertiary/aromatic N) is 3. The maximum atomic E-state index is 12.5. The predicted molar refractivity (Wildman–Crippen MR) is 133 cm³/mol. The van der Waals surface area contributed by atoms with E-state index in [2.05, 4.69) is 54.0 Å². The first-order chi connectivity index (χ1) is 15.5. The average molecular weight is 578 g/mol. The summed E-state index contributed by atoms with van der Waals surface area (Å²) in [4.78, 5) is 12.5. The zero-order chi connectivity index (χ0) is 22.7. The van der Waals surface area contributed by atoms with E-state index >= 15 is 0 Å². The Morgan fingerprint density at radius 3 is 2.91 bits per heavy atom. The maximum absolute atomic E-state index is 12.5. The third kappa shape index (κ3) is 4.77. The number of carbonyl (C=O) groups is 1. The lowest BCUT2D eigenvalue weighted by molar-refractivity contribution is -0.113. The van der Waals surface area contributed by atoms with Crippen molar-refractivity contribution in [1.29, 1.82) is 0 Å². The van der Waals surface area contributed by atoms with Crippen LogP contribution in [0.5, 0.6) is 5.75 Å². The molecule has 0 saturated heterocycles. The number of fused-ring (bicyclic) bond motifs is 1. The molecule has 4 rings (SSSR count). The fourth-order valence-corrected chi connectivity index (χ4v) is 4.54. The minimum absolute atomic E-state index is 0.156. The fourth-order valence-electron chi connectivity index (χ4n) is 3.09. The summed E-state index contributed by atoms with van der Waals surface area (Å²) in [5, 5.41) is 13.0. The van der Waals surface area contributed by atoms with Crippen molar-refractivity contribution < 1.29 is 13.9 Å². The smallest absolute Gasteiger partial charge is 0.234 e. The summed E-state index contributed by atoms with van der Waals surface area (Å²) in [6.07, 6.45) is 1.75. The van der Waals surface area contributed by atoms with Crippen LogP contribution in [0.25, 0.3) is 22.6 Å². The van der Waals surface area contributed by atoms with Crippen LogP contribution < -0.4 is 10.1 Å². The molecular weight excluding hydrogens is 560 g/mol. The van der Waals surface area contributed by atoms with Gasteiger partial charge in [-0.1, -0.05) is 45.9 Å². The number of hydrogen-bond donors (Lipinski definition) is 1. The van der Waals surface area contributed by atoms with Crippen LogP contribution in [0.15, 0.2) is 73.6 Å². The van der Waals surface area contributed by atoms with Crippen molar-refractivity contribution in [1.82, 2.24) is 14.8 Å². The van der Waals surface area contributed by atoms with E-state index in [1.165, 1.54) is 11.8 Å². The Morgan fingerprint density at radius 1 is 1.28 bits per heavy atom. The number of furan rings is 1. The molecule has 0 radical (unpaired) electrons. The Balaban J connectivity index is 1.55. The number of ether oxygens (including phenoxy) is 1. The second-order valence-electron chi connectivity index (χ2n) is 6.66. The van der Waals surface area contributed by atoms with Gasteiger partial charge in [0.05, 0.1) is 18.6 Å². The minimum atomic E-state index is -0.156. The first kappa shape index (κ1) is 22.6. The van der Waals surface area contributed by atoms with Crippen molar-refractivity contribution in [3.63, 3.8) is 0 Å². The lowest BCUT2D eigenvalue weighted by atomic mass is 10.2. The molecular formula is C22H18Br2N4O3S. The molecule has 7 nitrogen and oxygen atoms in total. The molecule has 2 heterocycles. The minimum Gasteiger partial charge on any atom is -0.493 e. The largest absolute Gasteiger partial charge is 0.493 e. The third-order valence-electron chi connectivity index (χ3n) is 4.51. The standard InChI is InChI=1S/C22H18Br2N4O3S/c1-3-9-28-21(18-10-13-5-4-6-17(30-2)20(13)31-18)26-27-22(28)32-12-19(29)25-16-11-14(23)7-8-15(16)24/h3-8,10-11H,1,9,12H2,2H3,(H,25,29). The average Bonchev–Trinajstić information content (AvgIpc) is 3.38. The molecule has 10 heteroatoms. The highest BCUT2D eigenvalue weighted by atomic mass is 79.9. The van der Waals surface area contributed by atoms with E-state index in [-0.39, 0.29) is 11.7 Å². The molecule has 0 aliphatic heterocycles. The lowest BCUT2D eigenvalue weighted by Crippen LogP contribution is -2.15. The number of halogens is 2. The Labute approximate surface area is 205 Å². The van der Waals surface area contributed by atoms with Gasteiger partial charge >= 0.3 is 0 Å². The Hall–Kier alpha value is -2.56. The molecule has 0 atom stereocenters. The number of methoxy groups -OCH3 is 1. The summed E-state index contributed by atoms with van der Waals surface area (Å²) in [7, 11) is 1.60. The van der Waals surface area contributed by atoms with Gasteiger partial charge in [0, 0.05) is 20.9 Å². The van der Waals surface area contributed by atoms with E-state index in [0.29, 0.717) is 40.3 Å². The molecule has 1 amide bonds. The van der Waals surface area contributed by atoms with Crippen molar-refractivity contribution in [3.05, 3.63) is 64.1 Å². The Morgan fingerprint density at radius 2 is 2.12 bits per heavy atom. The SMILES string of the molecule is C=CCn1c(SCC(=O)Nc2cc(Br)ccc2Br)nnc1-c1cc2cccc(OC)c2o1. The summed E-state index contributed by atoms with van der Waals surface area (Å²) < 4.78 is 14.9. The topological polar surface area (TPSA) is 82.2 Å². The van der Waals surface area contributed by atoms with Crippen LogP contribution in [0.3, 0.4) is 0 Å². The molecule has 0 unspecified atom stereocenters. The molecule has 0 saturated carbocycles. The fraction of sp³-hybridized carbons (Fsp3) is 0.136. The van der Waals surface area contributed by atoms with Gasteiger partial charge in [-0.15, -0.1) is 16.8 Å². The maximum Gasteiger partial charge on any atom is 0.234 e. The van der Waals surface area contributed by atoms with Gasteiger partial charge in [0.25, 0.3) is 0 Å². The molecule has 1 N–H and O–H groups in total. The van der Waals surface area contributed by atoms with Crippen LogP contribution in [-0.2, 0) is 11.3 Å². The summed E-state index contributed by atoms with van der Waals surface area (Å²) in [5.41, 5.74) is 1.33. The number of thioether (sulfide) groups is 1. The molecule has 0 aliphatic rings. The van der Waals surface area contributed by atoms with Crippen LogP contribution in [0.4, 0.5) is 5.69 Å². The van der Waals surface area contributed by atoms with Crippen molar-refractivity contribution >= 4 is 66.2 Å². The number of allylic oxidation sites excluding steroid dienone is 1. The Kier molecular flexibility index (Phi) is 7.02. The van der Waals surface area contributed by atoms with Crippen molar-refractivity contribution in [3.8, 4) is 17.3 Å². The molecule has 0 bridgehead atoms. The van der Waals surface area contributed by atoms with Gasteiger partial charge in [-0.3, -0.25) is 9.36 Å². The number of carbonyl (C=O) groups excluding carboxylic acids is 1. The van der Waals surface area contributed by atoms with Crippen molar-refractivity contribution in [2.75, 3.05) is 18.2 Å². The predicted octanol–water partition coefficient (Wildman–Crippen LogP) is 6.14. The molecule has 32 heavy (non-hydrogen) atoms. The van der Waals surface area contributed by atoms with Gasteiger partial charge in [-0.2, -0.15) is 0 Å². The number of anilines is 1. The Bertz CT molecular complexity index is 1300. The second kappa shape index (κ2) is 9.93. The van der Waals surface area contributed by atoms with E-state index in [1.807, 2.05) is 47.0 Å². The van der Waals surface area contributed by atoms with Gasteiger partial charge in [0.15, 0.2) is 22.2 Å². The number of benzene rings is 2. The van der Waals surface area contributed by atoms with E-state index in [9.17, 15) is 4.79 Å². The van der Waals surface area contributed by atoms with Crippen molar-refractivity contribution in [2.45, 2.75) is 11.7 Å². The monoisotopic (exact) mass is 576 g/mol. The third-order valence-corrected chi connectivity index (χ3v) is 6.66. The summed E-state index contributed by atoms with van der Waals surface area (Å²) >= 11 is 8.14. The quantitative estimate of drug-likeness (QED) is 0.200. The van der Waals surface area contributed by atoms with E-state index in [0.717, 1.165) is 14.3 Å². The summed E-state index contributed by atoms with van der Waals surface area (Å²) in [6.45, 7) is 4.30. The lowest BCUT2D eigenvalue weighted by Gasteiger charge is -2.09. The van der Waals surface area contributed by atoms with Crippen LogP contribution >= 0.6 is 43.6 Å². The van der Waals surface area contributed by atoms with Crippen molar-refractivity contribution in [2.24, 2.45) is 0 Å². The molecule has 4 aromatic rings. The van der Waals surface area contributed by atoms with Crippen LogP contribution in [-0.4, -0.2) is 33.5 Å². The zero-order valence-corrected chi connectivity index (χ0v) is 21.0.